The molecule has 0 rings (SSSR count). The number of unbranched alkanes of at least 4 members (excludes halogenated alkanes) is 2. The van der Waals surface area contributed by atoms with E-state index in [4.69, 9.17) is 11.0 Å². The molecule has 0 bridgehead atoms. The molecule has 16 heavy (non-hydrogen) atoms. The summed E-state index contributed by atoms with van der Waals surface area (Å²) < 4.78 is 0. The van der Waals surface area contributed by atoms with E-state index in [-0.39, 0.29) is 5.91 Å². The van der Waals surface area contributed by atoms with E-state index in [9.17, 15) is 4.79 Å². The quantitative estimate of drug-likeness (QED) is 0.575. The first-order chi connectivity index (χ1) is 7.70. The molecule has 92 valence electrons. The molecule has 2 N–H and O–H groups in total. The summed E-state index contributed by atoms with van der Waals surface area (Å²) in [5.74, 6) is -0.229. The van der Waals surface area contributed by atoms with Crippen molar-refractivity contribution >= 4 is 5.91 Å². The van der Waals surface area contributed by atoms with Gasteiger partial charge in [-0.2, -0.15) is 5.26 Å². The number of nitriles is 1. The van der Waals surface area contributed by atoms with Crippen LogP contribution in [0.15, 0.2) is 0 Å². The second kappa shape index (κ2) is 10.4. The van der Waals surface area contributed by atoms with E-state index < -0.39 is 0 Å². The molecule has 0 aromatic heterocycles. The normalized spacial score (nSPS) is 10.3. The third kappa shape index (κ3) is 9.47. The molecule has 0 unspecified atom stereocenters. The third-order valence-corrected chi connectivity index (χ3v) is 2.49. The molecule has 0 atom stereocenters. The topological polar surface area (TPSA) is 70.1 Å². The van der Waals surface area contributed by atoms with Crippen LogP contribution >= 0.6 is 0 Å². The lowest BCUT2D eigenvalue weighted by atomic mass is 10.2. The van der Waals surface area contributed by atoms with Crippen LogP contribution in [0.3, 0.4) is 0 Å². The fourth-order valence-electron chi connectivity index (χ4n) is 1.58. The minimum Gasteiger partial charge on any atom is -0.370 e. The zero-order chi connectivity index (χ0) is 12.2. The average Bonchev–Trinajstić information content (AvgIpc) is 2.25. The molecule has 0 aliphatic rings. The van der Waals surface area contributed by atoms with Gasteiger partial charge in [0.05, 0.1) is 6.07 Å². The van der Waals surface area contributed by atoms with Gasteiger partial charge in [0.2, 0.25) is 5.91 Å². The molecule has 0 saturated carbocycles. The molecule has 4 heteroatoms. The highest BCUT2D eigenvalue weighted by atomic mass is 16.1. The Bertz CT molecular complexity index is 223. The standard InChI is InChI=1S/C12H23N3O/c1-2-3-9-15(10-5-4-8-13)11-6-7-12(14)16/h2-7,9-11H2,1H3,(H2,14,16). The number of rotatable bonds is 10. The number of carbonyl (C=O) groups is 1. The van der Waals surface area contributed by atoms with Crippen LogP contribution in [-0.2, 0) is 4.79 Å². The van der Waals surface area contributed by atoms with E-state index in [1.807, 2.05) is 0 Å². The van der Waals surface area contributed by atoms with Gasteiger partial charge in [-0.1, -0.05) is 13.3 Å². The van der Waals surface area contributed by atoms with Crippen LogP contribution in [0.25, 0.3) is 0 Å². The molecular formula is C12H23N3O. The summed E-state index contributed by atoms with van der Waals surface area (Å²) in [6.45, 7) is 5.08. The molecule has 1 amide bonds. The summed E-state index contributed by atoms with van der Waals surface area (Å²) in [5.41, 5.74) is 5.10. The Kier molecular flexibility index (Phi) is 9.73. The van der Waals surface area contributed by atoms with E-state index in [1.54, 1.807) is 0 Å². The number of hydrogen-bond acceptors (Lipinski definition) is 3. The maximum absolute atomic E-state index is 10.6. The Morgan fingerprint density at radius 3 is 2.44 bits per heavy atom. The van der Waals surface area contributed by atoms with Crippen molar-refractivity contribution < 1.29 is 4.79 Å². The summed E-state index contributed by atoms with van der Waals surface area (Å²) in [7, 11) is 0. The lowest BCUT2D eigenvalue weighted by molar-refractivity contribution is -0.118. The molecule has 0 aromatic rings. The molecule has 0 saturated heterocycles. The van der Waals surface area contributed by atoms with Crippen molar-refractivity contribution in [2.75, 3.05) is 19.6 Å². The first kappa shape index (κ1) is 14.9. The van der Waals surface area contributed by atoms with Crippen LogP contribution in [0.1, 0.15) is 45.4 Å². The van der Waals surface area contributed by atoms with Gasteiger partial charge in [-0.3, -0.25) is 4.79 Å². The van der Waals surface area contributed by atoms with Gasteiger partial charge in [0.15, 0.2) is 0 Å². The molecule has 0 aromatic carbocycles. The van der Waals surface area contributed by atoms with Crippen molar-refractivity contribution in [2.24, 2.45) is 5.73 Å². The minimum atomic E-state index is -0.229. The molecule has 0 spiro atoms. The van der Waals surface area contributed by atoms with Crippen molar-refractivity contribution in [1.29, 1.82) is 5.26 Å². The van der Waals surface area contributed by atoms with Crippen molar-refractivity contribution in [3.63, 3.8) is 0 Å². The van der Waals surface area contributed by atoms with Crippen LogP contribution in [0.5, 0.6) is 0 Å². The van der Waals surface area contributed by atoms with Crippen LogP contribution < -0.4 is 5.73 Å². The fourth-order valence-corrected chi connectivity index (χ4v) is 1.58. The zero-order valence-corrected chi connectivity index (χ0v) is 10.2. The predicted octanol–water partition coefficient (Wildman–Crippen LogP) is 1.66. The Labute approximate surface area is 98.4 Å². The highest BCUT2D eigenvalue weighted by molar-refractivity contribution is 5.73. The Morgan fingerprint density at radius 2 is 1.88 bits per heavy atom. The van der Waals surface area contributed by atoms with Gasteiger partial charge >= 0.3 is 0 Å². The monoisotopic (exact) mass is 225 g/mol. The first-order valence-corrected chi connectivity index (χ1v) is 6.08. The zero-order valence-electron chi connectivity index (χ0n) is 10.2. The van der Waals surface area contributed by atoms with Gasteiger partial charge in [0, 0.05) is 12.8 Å². The molecule has 0 aliphatic heterocycles. The smallest absolute Gasteiger partial charge is 0.217 e. The van der Waals surface area contributed by atoms with Crippen LogP contribution in [-0.4, -0.2) is 30.4 Å². The molecule has 0 heterocycles. The first-order valence-electron chi connectivity index (χ1n) is 6.08. The number of amides is 1. The average molecular weight is 225 g/mol. The van der Waals surface area contributed by atoms with Gasteiger partial charge in [-0.15, -0.1) is 0 Å². The summed E-state index contributed by atoms with van der Waals surface area (Å²) in [4.78, 5) is 12.9. The van der Waals surface area contributed by atoms with E-state index >= 15 is 0 Å². The van der Waals surface area contributed by atoms with E-state index in [1.165, 1.54) is 12.8 Å². The second-order valence-electron chi connectivity index (χ2n) is 4.03. The largest absolute Gasteiger partial charge is 0.370 e. The van der Waals surface area contributed by atoms with E-state index in [2.05, 4.69) is 17.9 Å². The van der Waals surface area contributed by atoms with Gasteiger partial charge < -0.3 is 10.6 Å². The van der Waals surface area contributed by atoms with Crippen LogP contribution in [0, 0.1) is 11.3 Å². The maximum Gasteiger partial charge on any atom is 0.217 e. The number of carbonyl (C=O) groups excluding carboxylic acids is 1. The van der Waals surface area contributed by atoms with Crippen molar-refractivity contribution in [3.05, 3.63) is 0 Å². The lowest BCUT2D eigenvalue weighted by Gasteiger charge is -2.21. The second-order valence-corrected chi connectivity index (χ2v) is 4.03. The highest BCUT2D eigenvalue weighted by Crippen LogP contribution is 2.01. The third-order valence-electron chi connectivity index (χ3n) is 2.49. The summed E-state index contributed by atoms with van der Waals surface area (Å²) in [5, 5.41) is 8.47. The SMILES string of the molecule is CCCCN(CCCC#N)CCCC(N)=O. The van der Waals surface area contributed by atoms with Crippen LogP contribution in [0.4, 0.5) is 0 Å². The summed E-state index contributed by atoms with van der Waals surface area (Å²) in [6, 6.07) is 2.15. The molecule has 4 nitrogen and oxygen atoms in total. The number of nitrogens with two attached hydrogens (primary N) is 1. The number of primary amides is 1. The van der Waals surface area contributed by atoms with E-state index in [0.29, 0.717) is 12.8 Å². The Hall–Kier alpha value is -1.08. The predicted molar refractivity (Wildman–Crippen MR) is 64.6 cm³/mol. The van der Waals surface area contributed by atoms with Gasteiger partial charge in [-0.05, 0) is 38.9 Å². The van der Waals surface area contributed by atoms with Crippen molar-refractivity contribution in [3.8, 4) is 6.07 Å². The fraction of sp³-hybridized carbons (Fsp3) is 0.833. The highest BCUT2D eigenvalue weighted by Gasteiger charge is 2.04. The summed E-state index contributed by atoms with van der Waals surface area (Å²) in [6.07, 6.45) is 5.15. The lowest BCUT2D eigenvalue weighted by Crippen LogP contribution is -2.28. The Balaban J connectivity index is 3.71. The maximum atomic E-state index is 10.6. The molecular weight excluding hydrogens is 202 g/mol. The number of hydrogen-bond donors (Lipinski definition) is 1. The van der Waals surface area contributed by atoms with Gasteiger partial charge in [0.25, 0.3) is 0 Å². The Morgan fingerprint density at radius 1 is 1.25 bits per heavy atom. The van der Waals surface area contributed by atoms with Crippen LogP contribution in [0.2, 0.25) is 0 Å². The molecule has 0 aliphatic carbocycles. The van der Waals surface area contributed by atoms with Crippen molar-refractivity contribution in [2.45, 2.75) is 45.4 Å². The van der Waals surface area contributed by atoms with Gasteiger partial charge in [-0.25, -0.2) is 0 Å². The van der Waals surface area contributed by atoms with Gasteiger partial charge in [0.1, 0.15) is 0 Å². The minimum absolute atomic E-state index is 0.229. The number of nitrogens with zero attached hydrogens (tertiary/aromatic N) is 2. The van der Waals surface area contributed by atoms with E-state index in [0.717, 1.165) is 32.5 Å². The van der Waals surface area contributed by atoms with Crippen molar-refractivity contribution in [1.82, 2.24) is 4.90 Å². The summed E-state index contributed by atoms with van der Waals surface area (Å²) >= 11 is 0. The molecule has 0 radical (unpaired) electrons. The molecule has 0 fully saturated rings.